The molecule has 7 nitrogen and oxygen atoms in total. The van der Waals surface area contributed by atoms with E-state index in [-0.39, 0.29) is 12.1 Å². The second-order valence-electron chi connectivity index (χ2n) is 3.90. The van der Waals surface area contributed by atoms with Gasteiger partial charge in [-0.05, 0) is 6.92 Å². The van der Waals surface area contributed by atoms with Crippen LogP contribution in [-0.2, 0) is 11.2 Å². The highest BCUT2D eigenvalue weighted by atomic mass is 32.1. The van der Waals surface area contributed by atoms with E-state index < -0.39 is 17.9 Å². The van der Waals surface area contributed by atoms with E-state index in [1.807, 2.05) is 0 Å². The van der Waals surface area contributed by atoms with Crippen LogP contribution in [0.5, 0.6) is 0 Å². The molecule has 0 saturated heterocycles. The van der Waals surface area contributed by atoms with Crippen molar-refractivity contribution in [1.82, 2.24) is 20.3 Å². The van der Waals surface area contributed by atoms with Crippen molar-refractivity contribution in [1.29, 1.82) is 0 Å². The number of hydrogen-bond donors (Lipinski definition) is 3. The third-order valence-corrected chi connectivity index (χ3v) is 3.21. The van der Waals surface area contributed by atoms with Crippen LogP contribution < -0.4 is 5.32 Å². The molecular weight excluding hydrogens is 268 g/mol. The molecule has 0 aliphatic heterocycles. The van der Waals surface area contributed by atoms with Crippen LogP contribution in [0, 0.1) is 6.92 Å². The molecule has 0 spiro atoms. The number of nitrogens with zero attached hydrogens (tertiary/aromatic N) is 2. The lowest BCUT2D eigenvalue weighted by Crippen LogP contribution is -2.42. The normalized spacial score (nSPS) is 12.1. The van der Waals surface area contributed by atoms with Gasteiger partial charge in [-0.15, -0.1) is 11.3 Å². The SMILES string of the molecule is Cc1nc(C(=O)NC(Cc2cnc[nH]2)C(=O)O)cs1. The van der Waals surface area contributed by atoms with Crippen molar-refractivity contribution in [3.63, 3.8) is 0 Å². The third-order valence-electron chi connectivity index (χ3n) is 2.43. The third kappa shape index (κ3) is 3.38. The van der Waals surface area contributed by atoms with E-state index in [1.54, 1.807) is 12.3 Å². The fourth-order valence-corrected chi connectivity index (χ4v) is 2.11. The molecule has 3 N–H and O–H groups in total. The maximum atomic E-state index is 11.8. The molecule has 0 aromatic carbocycles. The van der Waals surface area contributed by atoms with Crippen molar-refractivity contribution in [2.75, 3.05) is 0 Å². The molecule has 1 atom stereocenters. The topological polar surface area (TPSA) is 108 Å². The van der Waals surface area contributed by atoms with Crippen molar-refractivity contribution in [3.8, 4) is 0 Å². The lowest BCUT2D eigenvalue weighted by molar-refractivity contribution is -0.139. The average Bonchev–Trinajstić information content (AvgIpc) is 2.99. The summed E-state index contributed by atoms with van der Waals surface area (Å²) in [6, 6.07) is -1.02. The average molecular weight is 280 g/mol. The Morgan fingerprint density at radius 2 is 2.37 bits per heavy atom. The van der Waals surface area contributed by atoms with Crippen LogP contribution >= 0.6 is 11.3 Å². The summed E-state index contributed by atoms with van der Waals surface area (Å²) in [7, 11) is 0. The van der Waals surface area contributed by atoms with Crippen LogP contribution in [0.25, 0.3) is 0 Å². The number of nitrogens with one attached hydrogen (secondary N) is 2. The van der Waals surface area contributed by atoms with Gasteiger partial charge in [0, 0.05) is 23.7 Å². The lowest BCUT2D eigenvalue weighted by Gasteiger charge is -2.12. The molecule has 0 aliphatic carbocycles. The van der Waals surface area contributed by atoms with Gasteiger partial charge in [0.25, 0.3) is 5.91 Å². The molecular formula is C11H12N4O3S. The number of H-pyrrole nitrogens is 1. The van der Waals surface area contributed by atoms with E-state index in [1.165, 1.54) is 23.9 Å². The zero-order valence-corrected chi connectivity index (χ0v) is 10.9. The van der Waals surface area contributed by atoms with E-state index >= 15 is 0 Å². The monoisotopic (exact) mass is 280 g/mol. The van der Waals surface area contributed by atoms with E-state index in [2.05, 4.69) is 20.3 Å². The number of aliphatic carboxylic acids is 1. The Balaban J connectivity index is 2.04. The van der Waals surface area contributed by atoms with Gasteiger partial charge in [-0.3, -0.25) is 4.79 Å². The summed E-state index contributed by atoms with van der Waals surface area (Å²) in [5.74, 6) is -1.59. The molecule has 0 bridgehead atoms. The zero-order valence-electron chi connectivity index (χ0n) is 10.1. The fourth-order valence-electron chi connectivity index (χ4n) is 1.52. The Bertz CT molecular complexity index is 579. The summed E-state index contributed by atoms with van der Waals surface area (Å²) in [4.78, 5) is 33.6. The number of hydrogen-bond acceptors (Lipinski definition) is 5. The fraction of sp³-hybridized carbons (Fsp3) is 0.273. The van der Waals surface area contributed by atoms with Crippen molar-refractivity contribution in [2.24, 2.45) is 0 Å². The molecule has 0 saturated carbocycles. The molecule has 2 aromatic heterocycles. The number of aromatic nitrogens is 3. The minimum absolute atomic E-state index is 0.143. The number of rotatable bonds is 5. The van der Waals surface area contributed by atoms with E-state index in [0.717, 1.165) is 5.01 Å². The number of aryl methyl sites for hydroxylation is 1. The van der Waals surface area contributed by atoms with Gasteiger partial charge < -0.3 is 15.4 Å². The minimum Gasteiger partial charge on any atom is -0.480 e. The number of carbonyl (C=O) groups excluding carboxylic acids is 1. The van der Waals surface area contributed by atoms with Crippen LogP contribution in [0.15, 0.2) is 17.9 Å². The predicted octanol–water partition coefficient (Wildman–Crippen LogP) is 0.600. The first kappa shape index (κ1) is 13.2. The first-order chi connectivity index (χ1) is 9.06. The highest BCUT2D eigenvalue weighted by molar-refractivity contribution is 7.09. The molecule has 1 unspecified atom stereocenters. The van der Waals surface area contributed by atoms with Gasteiger partial charge in [0.05, 0.1) is 11.3 Å². The zero-order chi connectivity index (χ0) is 13.8. The van der Waals surface area contributed by atoms with E-state index in [0.29, 0.717) is 5.69 Å². The smallest absolute Gasteiger partial charge is 0.326 e. The molecule has 2 aromatic rings. The highest BCUT2D eigenvalue weighted by Gasteiger charge is 2.22. The number of imidazole rings is 1. The Morgan fingerprint density at radius 1 is 1.58 bits per heavy atom. The number of amides is 1. The van der Waals surface area contributed by atoms with Crippen molar-refractivity contribution in [3.05, 3.63) is 34.3 Å². The molecule has 8 heteroatoms. The number of carbonyl (C=O) groups is 2. The second-order valence-corrected chi connectivity index (χ2v) is 4.96. The summed E-state index contributed by atoms with van der Waals surface area (Å²) in [5.41, 5.74) is 0.875. The Kier molecular flexibility index (Phi) is 3.91. The van der Waals surface area contributed by atoms with Crippen LogP contribution in [0.3, 0.4) is 0 Å². The molecule has 19 heavy (non-hydrogen) atoms. The molecule has 2 rings (SSSR count). The van der Waals surface area contributed by atoms with Gasteiger partial charge >= 0.3 is 5.97 Å². The van der Waals surface area contributed by atoms with Gasteiger partial charge in [0.2, 0.25) is 0 Å². The van der Waals surface area contributed by atoms with E-state index in [9.17, 15) is 9.59 Å². The highest BCUT2D eigenvalue weighted by Crippen LogP contribution is 2.08. The van der Waals surface area contributed by atoms with Gasteiger partial charge in [0.1, 0.15) is 11.7 Å². The van der Waals surface area contributed by atoms with Gasteiger partial charge in [0.15, 0.2) is 0 Å². The van der Waals surface area contributed by atoms with Crippen LogP contribution in [-0.4, -0.2) is 38.0 Å². The molecule has 0 fully saturated rings. The number of thiazole rings is 1. The first-order valence-electron chi connectivity index (χ1n) is 5.49. The second kappa shape index (κ2) is 5.61. The summed E-state index contributed by atoms with van der Waals surface area (Å²) in [5, 5.41) is 13.9. The molecule has 0 radical (unpaired) electrons. The van der Waals surface area contributed by atoms with Crippen molar-refractivity contribution in [2.45, 2.75) is 19.4 Å². The number of carboxylic acid groups (broad SMARTS) is 1. The molecule has 1 amide bonds. The molecule has 2 heterocycles. The van der Waals surface area contributed by atoms with Crippen LogP contribution in [0.4, 0.5) is 0 Å². The maximum Gasteiger partial charge on any atom is 0.326 e. The van der Waals surface area contributed by atoms with Crippen molar-refractivity contribution >= 4 is 23.2 Å². The summed E-state index contributed by atoms with van der Waals surface area (Å²) in [6.45, 7) is 1.78. The molecule has 0 aliphatic rings. The van der Waals surface area contributed by atoms with Crippen molar-refractivity contribution < 1.29 is 14.7 Å². The summed E-state index contributed by atoms with van der Waals surface area (Å²) < 4.78 is 0. The van der Waals surface area contributed by atoms with Crippen LogP contribution in [0.1, 0.15) is 21.2 Å². The van der Waals surface area contributed by atoms with Gasteiger partial charge in [-0.2, -0.15) is 0 Å². The Morgan fingerprint density at radius 3 is 2.89 bits per heavy atom. The van der Waals surface area contributed by atoms with Gasteiger partial charge in [-0.25, -0.2) is 14.8 Å². The minimum atomic E-state index is -1.10. The number of aromatic amines is 1. The van der Waals surface area contributed by atoms with Crippen LogP contribution in [0.2, 0.25) is 0 Å². The predicted molar refractivity (Wildman–Crippen MR) is 68.0 cm³/mol. The summed E-state index contributed by atoms with van der Waals surface area (Å²) in [6.07, 6.45) is 3.12. The lowest BCUT2D eigenvalue weighted by atomic mass is 10.1. The number of carboxylic acids is 1. The van der Waals surface area contributed by atoms with E-state index in [4.69, 9.17) is 5.11 Å². The molecule has 100 valence electrons. The Hall–Kier alpha value is -2.22. The summed E-state index contributed by atoms with van der Waals surface area (Å²) >= 11 is 1.34. The maximum absolute atomic E-state index is 11.8. The van der Waals surface area contributed by atoms with Gasteiger partial charge in [-0.1, -0.05) is 0 Å². The largest absolute Gasteiger partial charge is 0.480 e. The standard InChI is InChI=1S/C11H12N4O3S/c1-6-14-9(4-19-6)10(16)15-8(11(17)18)2-7-3-12-5-13-7/h3-5,8H,2H2,1H3,(H,12,13)(H,15,16)(H,17,18). The first-order valence-corrected chi connectivity index (χ1v) is 6.37. The quantitative estimate of drug-likeness (QED) is 0.743. The Labute approximate surface area is 112 Å².